The van der Waals surface area contributed by atoms with Crippen LogP contribution in [0.2, 0.25) is 0 Å². The molecule has 1 aliphatic heterocycles. The summed E-state index contributed by atoms with van der Waals surface area (Å²) >= 11 is 0. The van der Waals surface area contributed by atoms with E-state index in [0.29, 0.717) is 6.04 Å². The van der Waals surface area contributed by atoms with Crippen molar-refractivity contribution in [3.8, 4) is 6.07 Å². The molecule has 1 aliphatic rings. The molecule has 84 valence electrons. The first-order valence-corrected chi connectivity index (χ1v) is 6.00. The van der Waals surface area contributed by atoms with Gasteiger partial charge in [0.2, 0.25) is 0 Å². The van der Waals surface area contributed by atoms with Crippen molar-refractivity contribution in [2.45, 2.75) is 44.8 Å². The highest BCUT2D eigenvalue weighted by Gasteiger charge is 2.27. The molecule has 0 aliphatic carbocycles. The molecule has 1 aromatic rings. The lowest BCUT2D eigenvalue weighted by Gasteiger charge is -2.37. The van der Waals surface area contributed by atoms with Gasteiger partial charge in [-0.2, -0.15) is 5.26 Å². The van der Waals surface area contributed by atoms with Crippen molar-refractivity contribution >= 4 is 0 Å². The highest BCUT2D eigenvalue weighted by molar-refractivity contribution is 5.15. The Morgan fingerprint density at radius 1 is 1.31 bits per heavy atom. The summed E-state index contributed by atoms with van der Waals surface area (Å²) < 4.78 is 0. The molecule has 0 amide bonds. The minimum Gasteiger partial charge on any atom is -0.281 e. The predicted octanol–water partition coefficient (Wildman–Crippen LogP) is 2.95. The number of nitrogens with zero attached hydrogens (tertiary/aromatic N) is 2. The van der Waals surface area contributed by atoms with Crippen molar-refractivity contribution in [1.29, 1.82) is 5.26 Å². The molecule has 1 aromatic carbocycles. The van der Waals surface area contributed by atoms with Crippen LogP contribution in [-0.4, -0.2) is 17.0 Å². The molecule has 2 heteroatoms. The number of likely N-dealkylation sites (tertiary alicyclic amines) is 1. The van der Waals surface area contributed by atoms with Gasteiger partial charge in [-0.3, -0.25) is 4.90 Å². The third kappa shape index (κ3) is 2.43. The van der Waals surface area contributed by atoms with E-state index in [-0.39, 0.29) is 6.04 Å². The lowest BCUT2D eigenvalue weighted by Crippen LogP contribution is -2.43. The Bertz CT molecular complexity index is 366. The van der Waals surface area contributed by atoms with E-state index in [2.05, 4.69) is 42.2 Å². The van der Waals surface area contributed by atoms with Gasteiger partial charge in [0.1, 0.15) is 0 Å². The van der Waals surface area contributed by atoms with Gasteiger partial charge < -0.3 is 0 Å². The molecule has 2 nitrogen and oxygen atoms in total. The summed E-state index contributed by atoms with van der Waals surface area (Å²) in [6.45, 7) is 3.13. The number of piperidine rings is 1. The highest BCUT2D eigenvalue weighted by Crippen LogP contribution is 2.24. The first-order chi connectivity index (χ1) is 7.81. The van der Waals surface area contributed by atoms with Gasteiger partial charge in [0.25, 0.3) is 0 Å². The van der Waals surface area contributed by atoms with Crippen LogP contribution in [0.4, 0.5) is 0 Å². The largest absolute Gasteiger partial charge is 0.281 e. The summed E-state index contributed by atoms with van der Waals surface area (Å²) in [6.07, 6.45) is 3.42. The molecule has 0 radical (unpaired) electrons. The third-order valence-corrected chi connectivity index (χ3v) is 3.42. The molecule has 2 atom stereocenters. The second-order valence-electron chi connectivity index (χ2n) is 4.58. The molecule has 0 aromatic heterocycles. The van der Waals surface area contributed by atoms with Crippen molar-refractivity contribution in [1.82, 2.24) is 4.90 Å². The van der Waals surface area contributed by atoms with Gasteiger partial charge in [-0.05, 0) is 31.7 Å². The normalized spacial score (nSPS) is 26.2. The smallest absolute Gasteiger partial charge is 0.0983 e. The second kappa shape index (κ2) is 5.14. The van der Waals surface area contributed by atoms with Gasteiger partial charge in [0.05, 0.1) is 12.1 Å². The predicted molar refractivity (Wildman–Crippen MR) is 64.7 cm³/mol. The molecule has 0 spiro atoms. The van der Waals surface area contributed by atoms with Crippen LogP contribution in [0.15, 0.2) is 30.3 Å². The average molecular weight is 214 g/mol. The van der Waals surface area contributed by atoms with Crippen LogP contribution in [0.25, 0.3) is 0 Å². The number of rotatable bonds is 2. The standard InChI is InChI=1S/C14H18N2/c1-12-6-5-9-14(10-15)16(12)11-13-7-3-2-4-8-13/h2-4,7-8,12,14H,5-6,9,11H2,1H3. The van der Waals surface area contributed by atoms with Crippen molar-refractivity contribution in [3.05, 3.63) is 35.9 Å². The van der Waals surface area contributed by atoms with Crippen LogP contribution in [0.1, 0.15) is 31.7 Å². The highest BCUT2D eigenvalue weighted by atomic mass is 15.2. The fourth-order valence-corrected chi connectivity index (χ4v) is 2.44. The Hall–Kier alpha value is -1.33. The number of benzene rings is 1. The molecule has 1 saturated heterocycles. The Kier molecular flexibility index (Phi) is 3.58. The molecular weight excluding hydrogens is 196 g/mol. The van der Waals surface area contributed by atoms with E-state index in [0.717, 1.165) is 13.0 Å². The van der Waals surface area contributed by atoms with E-state index in [1.165, 1.54) is 18.4 Å². The Labute approximate surface area is 97.5 Å². The SMILES string of the molecule is CC1CCCC(C#N)N1Cc1ccccc1. The fraction of sp³-hybridized carbons (Fsp3) is 0.500. The van der Waals surface area contributed by atoms with Crippen LogP contribution in [0, 0.1) is 11.3 Å². The monoisotopic (exact) mass is 214 g/mol. The minimum atomic E-state index is 0.101. The maximum Gasteiger partial charge on any atom is 0.0983 e. The van der Waals surface area contributed by atoms with E-state index >= 15 is 0 Å². The van der Waals surface area contributed by atoms with Crippen LogP contribution in [-0.2, 0) is 6.54 Å². The second-order valence-corrected chi connectivity index (χ2v) is 4.58. The first kappa shape index (κ1) is 11.2. The maximum atomic E-state index is 9.17. The molecule has 0 N–H and O–H groups in total. The lowest BCUT2D eigenvalue weighted by molar-refractivity contribution is 0.115. The molecule has 1 fully saturated rings. The average Bonchev–Trinajstić information content (AvgIpc) is 2.33. The topological polar surface area (TPSA) is 27.0 Å². The van der Waals surface area contributed by atoms with Gasteiger partial charge >= 0.3 is 0 Å². The van der Waals surface area contributed by atoms with Crippen LogP contribution < -0.4 is 0 Å². The molecule has 1 heterocycles. The van der Waals surface area contributed by atoms with E-state index in [9.17, 15) is 0 Å². The lowest BCUT2D eigenvalue weighted by atomic mass is 9.96. The number of nitriles is 1. The van der Waals surface area contributed by atoms with Crippen molar-refractivity contribution in [2.75, 3.05) is 0 Å². The Morgan fingerprint density at radius 3 is 2.75 bits per heavy atom. The van der Waals surface area contributed by atoms with E-state index in [1.54, 1.807) is 0 Å². The van der Waals surface area contributed by atoms with Crippen molar-refractivity contribution < 1.29 is 0 Å². The van der Waals surface area contributed by atoms with Crippen LogP contribution in [0.3, 0.4) is 0 Å². The zero-order chi connectivity index (χ0) is 11.4. The molecule has 0 saturated carbocycles. The Balaban J connectivity index is 2.09. The third-order valence-electron chi connectivity index (χ3n) is 3.42. The summed E-state index contributed by atoms with van der Waals surface area (Å²) in [5, 5.41) is 9.17. The minimum absolute atomic E-state index is 0.101. The number of hydrogen-bond donors (Lipinski definition) is 0. The van der Waals surface area contributed by atoms with Crippen molar-refractivity contribution in [3.63, 3.8) is 0 Å². The zero-order valence-electron chi connectivity index (χ0n) is 9.76. The summed E-state index contributed by atoms with van der Waals surface area (Å²) in [7, 11) is 0. The number of hydrogen-bond acceptors (Lipinski definition) is 2. The summed E-state index contributed by atoms with van der Waals surface area (Å²) in [5.74, 6) is 0. The molecule has 2 rings (SSSR count). The van der Waals surface area contributed by atoms with Crippen LogP contribution in [0.5, 0.6) is 0 Å². The molecular formula is C14H18N2. The molecule has 0 bridgehead atoms. The van der Waals surface area contributed by atoms with E-state index < -0.39 is 0 Å². The van der Waals surface area contributed by atoms with Gasteiger partial charge in [0, 0.05) is 12.6 Å². The Morgan fingerprint density at radius 2 is 2.06 bits per heavy atom. The van der Waals surface area contributed by atoms with Gasteiger partial charge in [-0.15, -0.1) is 0 Å². The maximum absolute atomic E-state index is 9.17. The van der Waals surface area contributed by atoms with E-state index in [1.807, 2.05) is 6.07 Å². The molecule has 16 heavy (non-hydrogen) atoms. The van der Waals surface area contributed by atoms with Crippen LogP contribution >= 0.6 is 0 Å². The summed E-state index contributed by atoms with van der Waals surface area (Å²) in [4.78, 5) is 2.33. The zero-order valence-corrected chi connectivity index (χ0v) is 9.76. The first-order valence-electron chi connectivity index (χ1n) is 6.00. The molecule has 2 unspecified atom stereocenters. The van der Waals surface area contributed by atoms with Gasteiger partial charge in [-0.25, -0.2) is 0 Å². The van der Waals surface area contributed by atoms with Crippen molar-refractivity contribution in [2.24, 2.45) is 0 Å². The summed E-state index contributed by atoms with van der Waals surface area (Å²) in [6, 6.07) is 13.5. The fourth-order valence-electron chi connectivity index (χ4n) is 2.44. The van der Waals surface area contributed by atoms with Gasteiger partial charge in [0.15, 0.2) is 0 Å². The van der Waals surface area contributed by atoms with Gasteiger partial charge in [-0.1, -0.05) is 30.3 Å². The van der Waals surface area contributed by atoms with E-state index in [4.69, 9.17) is 5.26 Å². The summed E-state index contributed by atoms with van der Waals surface area (Å²) in [5.41, 5.74) is 1.30. The quantitative estimate of drug-likeness (QED) is 0.756.